The van der Waals surface area contributed by atoms with Crippen LogP contribution in [0.1, 0.15) is 39.0 Å². The van der Waals surface area contributed by atoms with Gasteiger partial charge in [0, 0.05) is 12.6 Å². The molecule has 8 heteroatoms. The van der Waals surface area contributed by atoms with Gasteiger partial charge in [0.05, 0.1) is 24.2 Å². The molecule has 2 fully saturated rings. The number of sulfonamides is 1. The van der Waals surface area contributed by atoms with Gasteiger partial charge in [0.25, 0.3) is 0 Å². The smallest absolute Gasteiger partial charge is 0.310 e. The van der Waals surface area contributed by atoms with E-state index in [0.29, 0.717) is 38.6 Å². The summed E-state index contributed by atoms with van der Waals surface area (Å²) in [5.74, 6) is -2.80. The third-order valence-corrected chi connectivity index (χ3v) is 7.41. The standard InChI is InChI=1S/C14H23NO6S/c1-9-10(13(16)17)6-4-8-15(9)22(19,20)12-7-3-5-11(12)14(18)21-2/h9-12H,3-8H2,1-2H3,(H,16,17)/t9-,10-,11?,12?/m0/s1. The van der Waals surface area contributed by atoms with Crippen LogP contribution < -0.4 is 0 Å². The van der Waals surface area contributed by atoms with Crippen molar-refractivity contribution in [3.8, 4) is 0 Å². The Morgan fingerprint density at radius 2 is 1.77 bits per heavy atom. The molecule has 0 bridgehead atoms. The van der Waals surface area contributed by atoms with Crippen molar-refractivity contribution in [2.45, 2.75) is 50.3 Å². The molecule has 1 aliphatic heterocycles. The number of carbonyl (C=O) groups is 2. The second kappa shape index (κ2) is 6.54. The molecule has 0 aromatic carbocycles. The van der Waals surface area contributed by atoms with Gasteiger partial charge in [0.15, 0.2) is 0 Å². The van der Waals surface area contributed by atoms with E-state index >= 15 is 0 Å². The van der Waals surface area contributed by atoms with Crippen LogP contribution in [0.3, 0.4) is 0 Å². The third kappa shape index (κ3) is 2.99. The molecule has 1 saturated carbocycles. The number of carboxylic acids is 1. The fourth-order valence-electron chi connectivity index (χ4n) is 3.68. The van der Waals surface area contributed by atoms with Crippen molar-refractivity contribution in [3.05, 3.63) is 0 Å². The molecular formula is C14H23NO6S. The van der Waals surface area contributed by atoms with Crippen molar-refractivity contribution in [1.82, 2.24) is 4.31 Å². The van der Waals surface area contributed by atoms with Crippen LogP contribution >= 0.6 is 0 Å². The van der Waals surface area contributed by atoms with Crippen LogP contribution in [0.25, 0.3) is 0 Å². The maximum atomic E-state index is 12.9. The molecular weight excluding hydrogens is 310 g/mol. The van der Waals surface area contributed by atoms with Crippen molar-refractivity contribution in [1.29, 1.82) is 0 Å². The van der Waals surface area contributed by atoms with Crippen molar-refractivity contribution >= 4 is 22.0 Å². The Balaban J connectivity index is 2.25. The zero-order valence-electron chi connectivity index (χ0n) is 12.9. The van der Waals surface area contributed by atoms with Gasteiger partial charge < -0.3 is 9.84 Å². The number of ether oxygens (including phenoxy) is 1. The van der Waals surface area contributed by atoms with Crippen molar-refractivity contribution in [2.75, 3.05) is 13.7 Å². The lowest BCUT2D eigenvalue weighted by Crippen LogP contribution is -2.53. The summed E-state index contributed by atoms with van der Waals surface area (Å²) in [6.45, 7) is 1.95. The Bertz CT molecular complexity index is 546. The highest BCUT2D eigenvalue weighted by molar-refractivity contribution is 7.89. The SMILES string of the molecule is COC(=O)C1CCCC1S(=O)(=O)N1CCC[C@H](C(=O)O)[C@@H]1C. The van der Waals surface area contributed by atoms with Crippen LogP contribution in [-0.4, -0.2) is 54.7 Å². The van der Waals surface area contributed by atoms with E-state index in [1.165, 1.54) is 11.4 Å². The van der Waals surface area contributed by atoms with E-state index in [0.717, 1.165) is 0 Å². The van der Waals surface area contributed by atoms with Crippen LogP contribution in [0.15, 0.2) is 0 Å². The lowest BCUT2D eigenvalue weighted by atomic mass is 9.92. The summed E-state index contributed by atoms with van der Waals surface area (Å²) in [6, 6.07) is -0.588. The topological polar surface area (TPSA) is 101 Å². The van der Waals surface area contributed by atoms with Gasteiger partial charge in [0.2, 0.25) is 10.0 Å². The summed E-state index contributed by atoms with van der Waals surface area (Å²) < 4.78 is 31.9. The molecule has 22 heavy (non-hydrogen) atoms. The van der Waals surface area contributed by atoms with Crippen LogP contribution in [0, 0.1) is 11.8 Å². The molecule has 0 radical (unpaired) electrons. The van der Waals surface area contributed by atoms with Crippen LogP contribution in [-0.2, 0) is 24.3 Å². The zero-order chi connectivity index (χ0) is 16.5. The number of methoxy groups -OCH3 is 1. The lowest BCUT2D eigenvalue weighted by molar-refractivity contribution is -0.146. The Hall–Kier alpha value is -1.15. The first kappa shape index (κ1) is 17.2. The highest BCUT2D eigenvalue weighted by atomic mass is 32.2. The van der Waals surface area contributed by atoms with Crippen molar-refractivity contribution < 1.29 is 27.9 Å². The normalized spacial score (nSPS) is 33.5. The maximum absolute atomic E-state index is 12.9. The van der Waals surface area contributed by atoms with E-state index < -0.39 is 45.1 Å². The molecule has 0 aromatic heterocycles. The van der Waals surface area contributed by atoms with E-state index in [1.54, 1.807) is 6.92 Å². The average Bonchev–Trinajstić information content (AvgIpc) is 2.96. The number of piperidine rings is 1. The van der Waals surface area contributed by atoms with Crippen LogP contribution in [0.4, 0.5) is 0 Å². The van der Waals surface area contributed by atoms with Crippen molar-refractivity contribution in [2.24, 2.45) is 11.8 Å². The molecule has 126 valence electrons. The maximum Gasteiger partial charge on any atom is 0.310 e. The molecule has 0 amide bonds. The van der Waals surface area contributed by atoms with Gasteiger partial charge in [-0.25, -0.2) is 8.42 Å². The van der Waals surface area contributed by atoms with E-state index in [2.05, 4.69) is 0 Å². The number of hydrogen-bond donors (Lipinski definition) is 1. The molecule has 2 aliphatic rings. The van der Waals surface area contributed by atoms with Crippen LogP contribution in [0.2, 0.25) is 0 Å². The number of carbonyl (C=O) groups excluding carboxylic acids is 1. The second-order valence-electron chi connectivity index (χ2n) is 6.08. The molecule has 1 aliphatic carbocycles. The van der Waals surface area contributed by atoms with Gasteiger partial charge in [-0.2, -0.15) is 4.31 Å². The quantitative estimate of drug-likeness (QED) is 0.765. The van der Waals surface area contributed by atoms with Gasteiger partial charge >= 0.3 is 11.9 Å². The van der Waals surface area contributed by atoms with Gasteiger partial charge in [0.1, 0.15) is 0 Å². The molecule has 4 atom stereocenters. The Kier molecular flexibility index (Phi) is 5.11. The van der Waals surface area contributed by atoms with Crippen molar-refractivity contribution in [3.63, 3.8) is 0 Å². The summed E-state index contributed by atoms with van der Waals surface area (Å²) >= 11 is 0. The number of hydrogen-bond acceptors (Lipinski definition) is 5. The first-order valence-electron chi connectivity index (χ1n) is 7.62. The molecule has 2 unspecified atom stereocenters. The molecule has 0 aromatic rings. The summed E-state index contributed by atoms with van der Waals surface area (Å²) in [5.41, 5.74) is 0. The van der Waals surface area contributed by atoms with Gasteiger partial charge in [-0.1, -0.05) is 6.42 Å². The number of nitrogens with zero attached hydrogens (tertiary/aromatic N) is 1. The predicted molar refractivity (Wildman–Crippen MR) is 78.6 cm³/mol. The summed E-state index contributed by atoms with van der Waals surface area (Å²) in [5, 5.41) is 8.44. The van der Waals surface area contributed by atoms with Gasteiger partial charge in [-0.15, -0.1) is 0 Å². The van der Waals surface area contributed by atoms with Crippen LogP contribution in [0.5, 0.6) is 0 Å². The first-order chi connectivity index (χ1) is 10.3. The minimum atomic E-state index is -3.71. The third-order valence-electron chi connectivity index (χ3n) is 4.91. The minimum absolute atomic E-state index is 0.317. The van der Waals surface area contributed by atoms with E-state index in [4.69, 9.17) is 4.74 Å². The number of esters is 1. The Morgan fingerprint density at radius 1 is 1.14 bits per heavy atom. The molecule has 2 rings (SSSR count). The summed E-state index contributed by atoms with van der Waals surface area (Å²) in [7, 11) is -2.45. The first-order valence-corrected chi connectivity index (χ1v) is 9.12. The van der Waals surface area contributed by atoms with Gasteiger partial charge in [-0.05, 0) is 32.6 Å². The highest BCUT2D eigenvalue weighted by Gasteiger charge is 2.48. The molecule has 1 saturated heterocycles. The van der Waals surface area contributed by atoms with Gasteiger partial charge in [-0.3, -0.25) is 9.59 Å². The highest BCUT2D eigenvalue weighted by Crippen LogP contribution is 2.37. The molecule has 1 N–H and O–H groups in total. The largest absolute Gasteiger partial charge is 0.481 e. The lowest BCUT2D eigenvalue weighted by Gasteiger charge is -2.38. The average molecular weight is 333 g/mol. The monoisotopic (exact) mass is 333 g/mol. The molecule has 7 nitrogen and oxygen atoms in total. The number of rotatable bonds is 4. The zero-order valence-corrected chi connectivity index (χ0v) is 13.7. The summed E-state index contributed by atoms with van der Waals surface area (Å²) in [4.78, 5) is 23.1. The Morgan fingerprint density at radius 3 is 2.36 bits per heavy atom. The predicted octanol–water partition coefficient (Wildman–Crippen LogP) is 0.843. The fraction of sp³-hybridized carbons (Fsp3) is 0.857. The molecule has 0 spiro atoms. The van der Waals surface area contributed by atoms with E-state index in [1.807, 2.05) is 0 Å². The summed E-state index contributed by atoms with van der Waals surface area (Å²) in [6.07, 6.45) is 2.59. The van der Waals surface area contributed by atoms with E-state index in [9.17, 15) is 23.1 Å². The number of carboxylic acid groups (broad SMARTS) is 1. The fourth-order valence-corrected chi connectivity index (χ4v) is 6.15. The number of aliphatic carboxylic acids is 1. The van der Waals surface area contributed by atoms with E-state index in [-0.39, 0.29) is 0 Å². The minimum Gasteiger partial charge on any atom is -0.481 e. The Labute approximate surface area is 130 Å². The second-order valence-corrected chi connectivity index (χ2v) is 8.19. The molecule has 1 heterocycles.